The maximum absolute atomic E-state index is 12.9. The Morgan fingerprint density at radius 1 is 0.500 bits per heavy atom. The van der Waals surface area contributed by atoms with Gasteiger partial charge in [-0.05, 0) is 38.5 Å². The molecule has 0 radical (unpaired) electrons. The third-order valence-electron chi connectivity index (χ3n) is 13.8. The van der Waals surface area contributed by atoms with Crippen LogP contribution in [0.2, 0.25) is 0 Å². The number of ether oxygens (including phenoxy) is 2. The second-order valence-electron chi connectivity index (χ2n) is 20.1. The van der Waals surface area contributed by atoms with Crippen molar-refractivity contribution < 1.29 is 39.8 Å². The zero-order valence-corrected chi connectivity index (χ0v) is 43.2. The van der Waals surface area contributed by atoms with Crippen molar-refractivity contribution in [1.29, 1.82) is 0 Å². The zero-order chi connectivity index (χ0) is 48.0. The molecule has 1 amide bonds. The van der Waals surface area contributed by atoms with Gasteiger partial charge >= 0.3 is 0 Å². The molecule has 7 unspecified atom stereocenters. The number of hydrogen-bond donors (Lipinski definition) is 6. The first kappa shape index (κ1) is 62.7. The van der Waals surface area contributed by atoms with Crippen LogP contribution < -0.4 is 5.32 Å². The molecule has 1 fully saturated rings. The van der Waals surface area contributed by atoms with Gasteiger partial charge in [0.25, 0.3) is 0 Å². The van der Waals surface area contributed by atoms with E-state index in [1.54, 1.807) is 6.08 Å². The summed E-state index contributed by atoms with van der Waals surface area (Å²) < 4.78 is 11.2. The molecule has 0 aliphatic carbocycles. The highest BCUT2D eigenvalue weighted by Gasteiger charge is 2.44. The summed E-state index contributed by atoms with van der Waals surface area (Å²) in [6.07, 6.45) is 52.8. The number of rotatable bonds is 49. The standard InChI is InChI=1S/C57H109NO8/c1-3-5-7-9-11-13-15-16-17-18-19-20-21-22-23-24-25-26-27-28-29-30-31-32-33-34-35-36-37-38-40-42-44-46-51(60)50(49-65-57-56(64)55(63)54(62)52(48-59)66-57)58-53(61)47-45-43-41-39-14-12-10-8-6-4-2/h8,10,44,46,50-52,54-57,59-60,62-64H,3-7,9,11-43,45,47-49H2,1-2H3,(H,58,61)/b10-8-,46-44+. The van der Waals surface area contributed by atoms with Gasteiger partial charge in [-0.25, -0.2) is 0 Å². The normalized spacial score (nSPS) is 19.9. The summed E-state index contributed by atoms with van der Waals surface area (Å²) in [5.41, 5.74) is 0. The Morgan fingerprint density at radius 2 is 0.879 bits per heavy atom. The molecule has 9 nitrogen and oxygen atoms in total. The summed E-state index contributed by atoms with van der Waals surface area (Å²) in [5.74, 6) is -0.187. The van der Waals surface area contributed by atoms with Crippen LogP contribution in [0.4, 0.5) is 0 Å². The molecule has 0 aromatic rings. The molecule has 9 heteroatoms. The quantitative estimate of drug-likeness (QED) is 0.0261. The minimum absolute atomic E-state index is 0.187. The molecule has 1 heterocycles. The topological polar surface area (TPSA) is 149 Å². The van der Waals surface area contributed by atoms with Crippen molar-refractivity contribution in [3.8, 4) is 0 Å². The van der Waals surface area contributed by atoms with Crippen molar-refractivity contribution in [2.24, 2.45) is 0 Å². The van der Waals surface area contributed by atoms with Crippen molar-refractivity contribution in [3.63, 3.8) is 0 Å². The molecule has 1 aliphatic rings. The van der Waals surface area contributed by atoms with Crippen LogP contribution in [0, 0.1) is 0 Å². The average Bonchev–Trinajstić information content (AvgIpc) is 3.32. The number of hydrogen-bond acceptors (Lipinski definition) is 8. The Bertz CT molecular complexity index is 1090. The molecule has 0 bridgehead atoms. The van der Waals surface area contributed by atoms with E-state index in [2.05, 4.69) is 31.3 Å². The summed E-state index contributed by atoms with van der Waals surface area (Å²) in [4.78, 5) is 12.9. The van der Waals surface area contributed by atoms with Gasteiger partial charge in [-0.1, -0.05) is 256 Å². The minimum atomic E-state index is -1.57. The summed E-state index contributed by atoms with van der Waals surface area (Å²) >= 11 is 0. The van der Waals surface area contributed by atoms with Crippen LogP contribution in [0.3, 0.4) is 0 Å². The summed E-state index contributed by atoms with van der Waals surface area (Å²) in [5, 5.41) is 54.3. The first-order valence-electron chi connectivity index (χ1n) is 28.6. The lowest BCUT2D eigenvalue weighted by Crippen LogP contribution is -2.60. The number of amides is 1. The van der Waals surface area contributed by atoms with E-state index in [4.69, 9.17) is 9.47 Å². The number of nitrogens with one attached hydrogen (secondary N) is 1. The molecule has 6 N–H and O–H groups in total. The molecule has 66 heavy (non-hydrogen) atoms. The Morgan fingerprint density at radius 3 is 1.29 bits per heavy atom. The van der Waals surface area contributed by atoms with E-state index in [0.717, 1.165) is 64.2 Å². The Balaban J connectivity index is 2.09. The van der Waals surface area contributed by atoms with Crippen LogP contribution in [0.1, 0.15) is 277 Å². The van der Waals surface area contributed by atoms with Crippen LogP contribution in [0.15, 0.2) is 24.3 Å². The molecular formula is C57H109NO8. The van der Waals surface area contributed by atoms with Crippen molar-refractivity contribution in [2.45, 2.75) is 320 Å². The Kier molecular flexibility index (Phi) is 45.0. The second-order valence-corrected chi connectivity index (χ2v) is 20.1. The molecule has 1 aliphatic heterocycles. The van der Waals surface area contributed by atoms with Gasteiger partial charge in [-0.2, -0.15) is 0 Å². The fourth-order valence-corrected chi connectivity index (χ4v) is 9.22. The number of aliphatic hydroxyl groups is 5. The van der Waals surface area contributed by atoms with E-state index in [1.165, 1.54) is 193 Å². The van der Waals surface area contributed by atoms with E-state index in [0.29, 0.717) is 6.42 Å². The molecule has 0 aromatic carbocycles. The lowest BCUT2D eigenvalue weighted by Gasteiger charge is -2.40. The minimum Gasteiger partial charge on any atom is -0.394 e. The first-order valence-corrected chi connectivity index (χ1v) is 28.6. The number of carbonyl (C=O) groups excluding carboxylic acids is 1. The lowest BCUT2D eigenvalue weighted by atomic mass is 9.99. The first-order chi connectivity index (χ1) is 32.3. The fourth-order valence-electron chi connectivity index (χ4n) is 9.22. The maximum Gasteiger partial charge on any atom is 0.220 e. The zero-order valence-electron chi connectivity index (χ0n) is 43.2. The number of unbranched alkanes of at least 4 members (excludes halogenated alkanes) is 37. The third-order valence-corrected chi connectivity index (χ3v) is 13.8. The molecule has 390 valence electrons. The number of allylic oxidation sites excluding steroid dienone is 3. The van der Waals surface area contributed by atoms with E-state index in [1.807, 2.05) is 6.08 Å². The molecule has 0 aromatic heterocycles. The van der Waals surface area contributed by atoms with E-state index in [-0.39, 0.29) is 12.5 Å². The predicted molar refractivity (Wildman–Crippen MR) is 277 cm³/mol. The van der Waals surface area contributed by atoms with Crippen LogP contribution in [0.25, 0.3) is 0 Å². The Labute approximate surface area is 407 Å². The fraction of sp³-hybridized carbons (Fsp3) is 0.912. The van der Waals surface area contributed by atoms with E-state index < -0.39 is 49.5 Å². The average molecular weight is 936 g/mol. The van der Waals surface area contributed by atoms with Gasteiger partial charge in [-0.3, -0.25) is 4.79 Å². The molecule has 7 atom stereocenters. The van der Waals surface area contributed by atoms with Crippen LogP contribution in [-0.2, 0) is 14.3 Å². The van der Waals surface area contributed by atoms with Crippen LogP contribution in [0.5, 0.6) is 0 Å². The molecular weight excluding hydrogens is 827 g/mol. The molecule has 1 saturated heterocycles. The van der Waals surface area contributed by atoms with Crippen molar-refractivity contribution in [2.75, 3.05) is 13.2 Å². The second kappa shape index (κ2) is 47.4. The van der Waals surface area contributed by atoms with Gasteiger partial charge in [0.2, 0.25) is 5.91 Å². The van der Waals surface area contributed by atoms with Gasteiger partial charge < -0.3 is 40.3 Å². The van der Waals surface area contributed by atoms with Gasteiger partial charge in [0.1, 0.15) is 24.4 Å². The number of carbonyl (C=O) groups is 1. The molecule has 0 saturated carbocycles. The van der Waals surface area contributed by atoms with Crippen LogP contribution in [-0.4, -0.2) is 87.5 Å². The summed E-state index contributed by atoms with van der Waals surface area (Å²) in [6.45, 7) is 3.72. The maximum atomic E-state index is 12.9. The van der Waals surface area contributed by atoms with Crippen molar-refractivity contribution in [1.82, 2.24) is 5.32 Å². The predicted octanol–water partition coefficient (Wildman–Crippen LogP) is 13.8. The highest BCUT2D eigenvalue weighted by Crippen LogP contribution is 2.23. The highest BCUT2D eigenvalue weighted by molar-refractivity contribution is 5.76. The van der Waals surface area contributed by atoms with E-state index in [9.17, 15) is 30.3 Å². The van der Waals surface area contributed by atoms with Crippen LogP contribution >= 0.6 is 0 Å². The van der Waals surface area contributed by atoms with Crippen molar-refractivity contribution >= 4 is 5.91 Å². The SMILES string of the molecule is CCC/C=C\CCCCCCCC(=O)NC(COC1OC(CO)C(O)C(O)C1O)C(O)/C=C/CCCCCCCCCCCCCCCCCCCCCCCCCCCCCCCCC. The highest BCUT2D eigenvalue weighted by atomic mass is 16.7. The van der Waals surface area contributed by atoms with Gasteiger partial charge in [0.05, 0.1) is 25.4 Å². The van der Waals surface area contributed by atoms with Crippen molar-refractivity contribution in [3.05, 3.63) is 24.3 Å². The lowest BCUT2D eigenvalue weighted by molar-refractivity contribution is -0.302. The van der Waals surface area contributed by atoms with E-state index >= 15 is 0 Å². The monoisotopic (exact) mass is 936 g/mol. The van der Waals surface area contributed by atoms with Gasteiger partial charge in [-0.15, -0.1) is 0 Å². The summed E-state index contributed by atoms with van der Waals surface area (Å²) in [7, 11) is 0. The number of aliphatic hydroxyl groups excluding tert-OH is 5. The van der Waals surface area contributed by atoms with Gasteiger partial charge in [0.15, 0.2) is 6.29 Å². The molecule has 0 spiro atoms. The molecule has 1 rings (SSSR count). The van der Waals surface area contributed by atoms with Gasteiger partial charge in [0, 0.05) is 6.42 Å². The largest absolute Gasteiger partial charge is 0.394 e. The Hall–Kier alpha value is -1.33. The summed E-state index contributed by atoms with van der Waals surface area (Å²) in [6, 6.07) is -0.806. The smallest absolute Gasteiger partial charge is 0.220 e. The third kappa shape index (κ3) is 36.6.